The van der Waals surface area contributed by atoms with Crippen LogP contribution in [-0.4, -0.2) is 18.4 Å². The van der Waals surface area contributed by atoms with E-state index in [1.165, 1.54) is 23.5 Å². The largest absolute Gasteiger partial charge is 0.482 e. The van der Waals surface area contributed by atoms with E-state index in [-0.39, 0.29) is 28.3 Å². The molecule has 0 saturated carbocycles. The summed E-state index contributed by atoms with van der Waals surface area (Å²) in [5.41, 5.74) is 1.07. The van der Waals surface area contributed by atoms with Gasteiger partial charge in [0, 0.05) is 17.4 Å². The van der Waals surface area contributed by atoms with Crippen molar-refractivity contribution in [3.8, 4) is 5.75 Å². The molecule has 3 aromatic rings. The Labute approximate surface area is 180 Å². The van der Waals surface area contributed by atoms with E-state index in [9.17, 15) is 9.59 Å². The molecule has 0 atom stereocenters. The molecule has 9 heteroatoms. The maximum absolute atomic E-state index is 12.1. The lowest BCUT2D eigenvalue weighted by molar-refractivity contribution is -0.118. The van der Waals surface area contributed by atoms with Crippen molar-refractivity contribution in [3.05, 3.63) is 73.9 Å². The van der Waals surface area contributed by atoms with Gasteiger partial charge in [0.05, 0.1) is 19.9 Å². The molecule has 0 aliphatic heterocycles. The van der Waals surface area contributed by atoms with Gasteiger partial charge >= 0.3 is 0 Å². The zero-order valence-electron chi connectivity index (χ0n) is 14.2. The van der Waals surface area contributed by atoms with Crippen LogP contribution in [0.4, 0.5) is 11.4 Å². The summed E-state index contributed by atoms with van der Waals surface area (Å²) in [6.45, 7) is -0.274. The summed E-state index contributed by atoms with van der Waals surface area (Å²) in [7, 11) is 0. The molecule has 0 aliphatic carbocycles. The van der Waals surface area contributed by atoms with Gasteiger partial charge in [-0.25, -0.2) is 0 Å². The number of ether oxygens (including phenoxy) is 1. The molecule has 2 aromatic carbocycles. The third kappa shape index (κ3) is 5.39. The highest BCUT2D eigenvalue weighted by atomic mass is 35.5. The first kappa shape index (κ1) is 20.5. The van der Waals surface area contributed by atoms with Crippen LogP contribution in [0.25, 0.3) is 0 Å². The minimum atomic E-state index is -0.399. The Morgan fingerprint density at radius 2 is 1.61 bits per heavy atom. The van der Waals surface area contributed by atoms with Crippen molar-refractivity contribution in [2.24, 2.45) is 0 Å². The minimum Gasteiger partial charge on any atom is -0.482 e. The van der Waals surface area contributed by atoms with Crippen LogP contribution in [0.15, 0.2) is 53.9 Å². The fourth-order valence-corrected chi connectivity index (χ4v) is 3.44. The number of benzene rings is 2. The molecular formula is C19H13Cl3N2O3S. The van der Waals surface area contributed by atoms with Crippen LogP contribution < -0.4 is 15.4 Å². The zero-order chi connectivity index (χ0) is 20.1. The zero-order valence-corrected chi connectivity index (χ0v) is 17.3. The number of nitrogens with one attached hydrogen (secondary N) is 2. The number of halogens is 3. The van der Waals surface area contributed by atoms with Crippen LogP contribution >= 0.6 is 46.1 Å². The van der Waals surface area contributed by atoms with Crippen molar-refractivity contribution in [2.45, 2.75) is 0 Å². The van der Waals surface area contributed by atoms with Gasteiger partial charge < -0.3 is 15.4 Å². The third-order valence-corrected chi connectivity index (χ3v) is 5.37. The van der Waals surface area contributed by atoms with E-state index in [4.69, 9.17) is 39.5 Å². The Morgan fingerprint density at radius 1 is 0.893 bits per heavy atom. The van der Waals surface area contributed by atoms with Crippen LogP contribution in [0.3, 0.4) is 0 Å². The third-order valence-electron chi connectivity index (χ3n) is 3.48. The first-order chi connectivity index (χ1) is 13.4. The normalized spacial score (nSPS) is 10.4. The molecule has 0 radical (unpaired) electrons. The van der Waals surface area contributed by atoms with Crippen LogP contribution in [0, 0.1) is 0 Å². The van der Waals surface area contributed by atoms with Crippen LogP contribution in [-0.2, 0) is 4.79 Å². The van der Waals surface area contributed by atoms with Gasteiger partial charge in [-0.05, 0) is 35.7 Å². The summed E-state index contributed by atoms with van der Waals surface area (Å²) in [5, 5.41) is 8.12. The Balaban J connectivity index is 1.58. The van der Waals surface area contributed by atoms with Crippen molar-refractivity contribution in [1.82, 2.24) is 0 Å². The molecular weight excluding hydrogens is 443 g/mol. The fourth-order valence-electron chi connectivity index (χ4n) is 2.23. The number of rotatable bonds is 6. The topological polar surface area (TPSA) is 67.4 Å². The van der Waals surface area contributed by atoms with Gasteiger partial charge in [0.1, 0.15) is 5.75 Å². The van der Waals surface area contributed by atoms with Crippen LogP contribution in [0.2, 0.25) is 15.1 Å². The molecule has 0 bridgehead atoms. The predicted octanol–water partition coefficient (Wildman–Crippen LogP) is 5.98. The second kappa shape index (κ2) is 9.30. The number of carbonyl (C=O) groups is 2. The van der Waals surface area contributed by atoms with E-state index in [1.54, 1.807) is 36.4 Å². The SMILES string of the molecule is O=C(COc1cc(Cl)c(Cl)cc1Cl)Nc1cccc(NC(=O)c2cccs2)c1. The highest BCUT2D eigenvalue weighted by molar-refractivity contribution is 7.12. The summed E-state index contributed by atoms with van der Waals surface area (Å²) in [4.78, 5) is 24.9. The molecule has 0 saturated heterocycles. The maximum Gasteiger partial charge on any atom is 0.265 e. The molecule has 144 valence electrons. The highest BCUT2D eigenvalue weighted by Crippen LogP contribution is 2.33. The van der Waals surface area contributed by atoms with Crippen molar-refractivity contribution >= 4 is 69.3 Å². The van der Waals surface area contributed by atoms with E-state index in [1.807, 2.05) is 5.38 Å². The standard InChI is InChI=1S/C19H13Cl3N2O3S/c20-13-8-15(22)16(9-14(13)21)27-10-18(25)23-11-3-1-4-12(7-11)24-19(26)17-5-2-6-28-17/h1-9H,10H2,(H,23,25)(H,24,26). The Hall–Kier alpha value is -2.25. The number of anilines is 2. The molecule has 2 N–H and O–H groups in total. The molecule has 2 amide bonds. The van der Waals surface area contributed by atoms with Crippen LogP contribution in [0.5, 0.6) is 5.75 Å². The molecule has 0 unspecified atom stereocenters. The fraction of sp³-hybridized carbons (Fsp3) is 0.0526. The van der Waals surface area contributed by atoms with Crippen molar-refractivity contribution in [1.29, 1.82) is 0 Å². The summed E-state index contributed by atoms with van der Waals surface area (Å²) in [6.07, 6.45) is 0. The smallest absolute Gasteiger partial charge is 0.265 e. The second-order valence-electron chi connectivity index (χ2n) is 5.55. The first-order valence-corrected chi connectivity index (χ1v) is 9.96. The van der Waals surface area contributed by atoms with Gasteiger partial charge in [-0.1, -0.05) is 46.9 Å². The van der Waals surface area contributed by atoms with E-state index in [0.717, 1.165) is 0 Å². The molecule has 1 aromatic heterocycles. The van der Waals surface area contributed by atoms with E-state index in [0.29, 0.717) is 21.3 Å². The van der Waals surface area contributed by atoms with Gasteiger partial charge in [0.25, 0.3) is 11.8 Å². The molecule has 1 heterocycles. The average molecular weight is 456 g/mol. The number of amides is 2. The highest BCUT2D eigenvalue weighted by Gasteiger charge is 2.11. The quantitative estimate of drug-likeness (QED) is 0.449. The minimum absolute atomic E-state index is 0.212. The predicted molar refractivity (Wildman–Crippen MR) is 114 cm³/mol. The Morgan fingerprint density at radius 3 is 2.32 bits per heavy atom. The Kier molecular flexibility index (Phi) is 6.80. The number of carbonyl (C=O) groups excluding carboxylic acids is 2. The molecule has 0 spiro atoms. The summed E-state index contributed by atoms with van der Waals surface area (Å²) < 4.78 is 5.39. The Bertz CT molecular complexity index is 1010. The monoisotopic (exact) mass is 454 g/mol. The molecule has 3 rings (SSSR count). The van der Waals surface area contributed by atoms with Gasteiger partial charge in [0.2, 0.25) is 0 Å². The van der Waals surface area contributed by atoms with E-state index < -0.39 is 5.91 Å². The maximum atomic E-state index is 12.1. The first-order valence-electron chi connectivity index (χ1n) is 7.94. The lowest BCUT2D eigenvalue weighted by Crippen LogP contribution is -2.20. The second-order valence-corrected chi connectivity index (χ2v) is 7.72. The number of thiophene rings is 1. The average Bonchev–Trinajstić information content (AvgIpc) is 3.19. The van der Waals surface area contributed by atoms with Gasteiger partial charge in [-0.2, -0.15) is 0 Å². The van der Waals surface area contributed by atoms with Gasteiger partial charge in [0.15, 0.2) is 6.61 Å². The summed E-state index contributed by atoms with van der Waals surface area (Å²) >= 11 is 19.1. The van der Waals surface area contributed by atoms with Crippen molar-refractivity contribution in [2.75, 3.05) is 17.2 Å². The lowest BCUT2D eigenvalue weighted by Gasteiger charge is -2.11. The number of hydrogen-bond acceptors (Lipinski definition) is 4. The molecule has 0 aliphatic rings. The summed E-state index contributed by atoms with van der Waals surface area (Å²) in [6, 6.07) is 13.2. The molecule has 28 heavy (non-hydrogen) atoms. The van der Waals surface area contributed by atoms with E-state index in [2.05, 4.69) is 10.6 Å². The van der Waals surface area contributed by atoms with Gasteiger partial charge in [-0.15, -0.1) is 11.3 Å². The van der Waals surface area contributed by atoms with Gasteiger partial charge in [-0.3, -0.25) is 9.59 Å². The van der Waals surface area contributed by atoms with Crippen molar-refractivity contribution in [3.63, 3.8) is 0 Å². The lowest BCUT2D eigenvalue weighted by atomic mass is 10.2. The molecule has 0 fully saturated rings. The van der Waals surface area contributed by atoms with Crippen LogP contribution in [0.1, 0.15) is 9.67 Å². The van der Waals surface area contributed by atoms with Crippen molar-refractivity contribution < 1.29 is 14.3 Å². The number of hydrogen-bond donors (Lipinski definition) is 2. The summed E-state index contributed by atoms with van der Waals surface area (Å²) in [5.74, 6) is -0.358. The van der Waals surface area contributed by atoms with E-state index >= 15 is 0 Å². The molecule has 5 nitrogen and oxygen atoms in total.